The van der Waals surface area contributed by atoms with Crippen LogP contribution in [-0.4, -0.2) is 16.3 Å². The zero-order valence-corrected chi connectivity index (χ0v) is 7.24. The van der Waals surface area contributed by atoms with E-state index in [1.807, 2.05) is 0 Å². The van der Waals surface area contributed by atoms with E-state index < -0.39 is 23.7 Å². The lowest BCUT2D eigenvalue weighted by Gasteiger charge is -2.14. The minimum Gasteiger partial charge on any atom is -0.505 e. The maximum atomic E-state index is 12.8. The molecule has 1 aromatic rings. The molecule has 72 valence electrons. The summed E-state index contributed by atoms with van der Waals surface area (Å²) in [6.07, 6.45) is -0.746. The van der Waals surface area contributed by atoms with Crippen molar-refractivity contribution in [2.24, 2.45) is 5.73 Å². The largest absolute Gasteiger partial charge is 0.505 e. The van der Waals surface area contributed by atoms with Gasteiger partial charge in [-0.15, -0.1) is 0 Å². The molecule has 0 aliphatic carbocycles. The van der Waals surface area contributed by atoms with E-state index in [2.05, 4.69) is 0 Å². The highest BCUT2D eigenvalue weighted by atomic mass is 19.1. The molecule has 0 aromatic heterocycles. The summed E-state index contributed by atoms with van der Waals surface area (Å²) >= 11 is 0. The molecule has 0 bridgehead atoms. The SMILES string of the molecule is C[C@@H](O)[C@H](N)c1ccc(O)c(F)c1. The van der Waals surface area contributed by atoms with Gasteiger partial charge in [0.25, 0.3) is 0 Å². The fraction of sp³-hybridized carbons (Fsp3) is 0.333. The van der Waals surface area contributed by atoms with Gasteiger partial charge in [0.05, 0.1) is 12.1 Å². The molecule has 0 saturated carbocycles. The van der Waals surface area contributed by atoms with Gasteiger partial charge in [-0.3, -0.25) is 0 Å². The molecule has 0 heterocycles. The first-order valence-corrected chi connectivity index (χ1v) is 3.94. The Hall–Kier alpha value is -1.13. The van der Waals surface area contributed by atoms with Crippen molar-refractivity contribution in [1.82, 2.24) is 0 Å². The van der Waals surface area contributed by atoms with E-state index in [0.717, 1.165) is 6.07 Å². The van der Waals surface area contributed by atoms with Crippen molar-refractivity contribution in [2.75, 3.05) is 0 Å². The molecule has 0 unspecified atom stereocenters. The highest BCUT2D eigenvalue weighted by Gasteiger charge is 2.13. The summed E-state index contributed by atoms with van der Waals surface area (Å²) in [6, 6.07) is 3.19. The third-order valence-electron chi connectivity index (χ3n) is 1.88. The zero-order valence-electron chi connectivity index (χ0n) is 7.24. The van der Waals surface area contributed by atoms with E-state index in [1.54, 1.807) is 0 Å². The molecule has 1 aromatic carbocycles. The van der Waals surface area contributed by atoms with E-state index >= 15 is 0 Å². The summed E-state index contributed by atoms with van der Waals surface area (Å²) in [5.41, 5.74) is 6.02. The lowest BCUT2D eigenvalue weighted by atomic mass is 10.0. The molecule has 0 amide bonds. The van der Waals surface area contributed by atoms with Gasteiger partial charge in [0, 0.05) is 0 Å². The molecule has 0 aliphatic rings. The lowest BCUT2D eigenvalue weighted by molar-refractivity contribution is 0.164. The first kappa shape index (κ1) is 9.95. The van der Waals surface area contributed by atoms with Gasteiger partial charge < -0.3 is 15.9 Å². The van der Waals surface area contributed by atoms with E-state index in [4.69, 9.17) is 15.9 Å². The molecule has 3 nitrogen and oxygen atoms in total. The van der Waals surface area contributed by atoms with Gasteiger partial charge in [-0.25, -0.2) is 4.39 Å². The average molecular weight is 185 g/mol. The highest BCUT2D eigenvalue weighted by Crippen LogP contribution is 2.21. The quantitative estimate of drug-likeness (QED) is 0.641. The Balaban J connectivity index is 2.97. The Morgan fingerprint density at radius 2 is 2.08 bits per heavy atom. The van der Waals surface area contributed by atoms with Gasteiger partial charge in [0.15, 0.2) is 11.6 Å². The Labute approximate surface area is 75.6 Å². The van der Waals surface area contributed by atoms with E-state index in [1.165, 1.54) is 19.1 Å². The molecule has 0 radical (unpaired) electrons. The maximum Gasteiger partial charge on any atom is 0.165 e. The number of aliphatic hydroxyl groups is 1. The summed E-state index contributed by atoms with van der Waals surface area (Å²) in [5, 5.41) is 18.0. The van der Waals surface area contributed by atoms with Crippen molar-refractivity contribution in [3.05, 3.63) is 29.6 Å². The molecule has 4 heteroatoms. The van der Waals surface area contributed by atoms with Crippen LogP contribution in [0.5, 0.6) is 5.75 Å². The molecular weight excluding hydrogens is 173 g/mol. The molecule has 0 saturated heterocycles. The van der Waals surface area contributed by atoms with Gasteiger partial charge >= 0.3 is 0 Å². The Morgan fingerprint density at radius 1 is 1.46 bits per heavy atom. The van der Waals surface area contributed by atoms with Gasteiger partial charge in [0.2, 0.25) is 0 Å². The highest BCUT2D eigenvalue weighted by molar-refractivity contribution is 5.30. The van der Waals surface area contributed by atoms with Gasteiger partial charge in [-0.2, -0.15) is 0 Å². The lowest BCUT2D eigenvalue weighted by Crippen LogP contribution is -2.23. The van der Waals surface area contributed by atoms with Gasteiger partial charge in [0.1, 0.15) is 0 Å². The summed E-state index contributed by atoms with van der Waals surface area (Å²) in [6.45, 7) is 1.52. The van der Waals surface area contributed by atoms with Gasteiger partial charge in [-0.1, -0.05) is 6.07 Å². The summed E-state index contributed by atoms with van der Waals surface area (Å²) in [4.78, 5) is 0. The number of halogens is 1. The number of aromatic hydroxyl groups is 1. The standard InChI is InChI=1S/C9H12FNO2/c1-5(12)9(11)6-2-3-8(13)7(10)4-6/h2-5,9,12-13H,11H2,1H3/t5-,9+/m1/s1. The minimum atomic E-state index is -0.746. The third kappa shape index (κ3) is 2.17. The molecule has 1 rings (SSSR count). The molecule has 0 fully saturated rings. The second kappa shape index (κ2) is 3.72. The van der Waals surface area contributed by atoms with Crippen LogP contribution in [0.2, 0.25) is 0 Å². The first-order chi connectivity index (χ1) is 6.02. The summed E-state index contributed by atoms with van der Waals surface area (Å²) < 4.78 is 12.8. The van der Waals surface area contributed by atoms with Crippen LogP contribution in [0.15, 0.2) is 18.2 Å². The van der Waals surface area contributed by atoms with Crippen LogP contribution < -0.4 is 5.73 Å². The predicted molar refractivity (Wildman–Crippen MR) is 46.7 cm³/mol. The Kier molecular flexibility index (Phi) is 2.85. The zero-order chi connectivity index (χ0) is 10.0. The number of hydrogen-bond donors (Lipinski definition) is 3. The number of phenolic OH excluding ortho intramolecular Hbond substituents is 1. The summed E-state index contributed by atoms with van der Waals surface area (Å²) in [5.74, 6) is -1.14. The number of aliphatic hydroxyl groups excluding tert-OH is 1. The molecule has 4 N–H and O–H groups in total. The second-order valence-corrected chi connectivity index (χ2v) is 2.98. The monoisotopic (exact) mass is 185 g/mol. The van der Waals surface area contributed by atoms with Crippen LogP contribution in [-0.2, 0) is 0 Å². The first-order valence-electron chi connectivity index (χ1n) is 3.94. The fourth-order valence-corrected chi connectivity index (χ4v) is 1.01. The van der Waals surface area contributed by atoms with Crippen molar-refractivity contribution in [2.45, 2.75) is 19.1 Å². The number of rotatable bonds is 2. The Bertz CT molecular complexity index is 302. The van der Waals surface area contributed by atoms with Crippen LogP contribution in [0.1, 0.15) is 18.5 Å². The van der Waals surface area contributed by atoms with E-state index in [0.29, 0.717) is 5.56 Å². The maximum absolute atomic E-state index is 12.8. The molecular formula is C9H12FNO2. The van der Waals surface area contributed by atoms with E-state index in [9.17, 15) is 4.39 Å². The van der Waals surface area contributed by atoms with Crippen LogP contribution >= 0.6 is 0 Å². The number of phenols is 1. The third-order valence-corrected chi connectivity index (χ3v) is 1.88. The predicted octanol–water partition coefficient (Wildman–Crippen LogP) is 0.912. The van der Waals surface area contributed by atoms with Crippen LogP contribution in [0.3, 0.4) is 0 Å². The van der Waals surface area contributed by atoms with Crippen LogP contribution in [0, 0.1) is 5.82 Å². The van der Waals surface area contributed by atoms with Crippen molar-refractivity contribution in [3.8, 4) is 5.75 Å². The number of hydrogen-bond acceptors (Lipinski definition) is 3. The Morgan fingerprint density at radius 3 is 2.54 bits per heavy atom. The summed E-state index contributed by atoms with van der Waals surface area (Å²) in [7, 11) is 0. The van der Waals surface area contributed by atoms with Crippen molar-refractivity contribution in [1.29, 1.82) is 0 Å². The van der Waals surface area contributed by atoms with Crippen LogP contribution in [0.4, 0.5) is 4.39 Å². The number of benzene rings is 1. The van der Waals surface area contributed by atoms with Crippen molar-refractivity contribution in [3.63, 3.8) is 0 Å². The molecule has 2 atom stereocenters. The topological polar surface area (TPSA) is 66.5 Å². The average Bonchev–Trinajstić information content (AvgIpc) is 2.08. The fourth-order valence-electron chi connectivity index (χ4n) is 1.01. The van der Waals surface area contributed by atoms with E-state index in [-0.39, 0.29) is 0 Å². The normalized spacial score (nSPS) is 15.4. The minimum absolute atomic E-state index is 0.415. The van der Waals surface area contributed by atoms with Crippen molar-refractivity contribution < 1.29 is 14.6 Å². The smallest absolute Gasteiger partial charge is 0.165 e. The molecule has 0 aliphatic heterocycles. The second-order valence-electron chi connectivity index (χ2n) is 2.98. The van der Waals surface area contributed by atoms with Crippen molar-refractivity contribution >= 4 is 0 Å². The molecule has 13 heavy (non-hydrogen) atoms. The molecule has 0 spiro atoms. The number of nitrogens with two attached hydrogens (primary N) is 1. The van der Waals surface area contributed by atoms with Crippen LogP contribution in [0.25, 0.3) is 0 Å². The van der Waals surface area contributed by atoms with Gasteiger partial charge in [-0.05, 0) is 24.6 Å².